The van der Waals surface area contributed by atoms with E-state index in [2.05, 4.69) is 15.9 Å². The summed E-state index contributed by atoms with van der Waals surface area (Å²) in [7, 11) is 1.88. The maximum absolute atomic E-state index is 12.8. The molecule has 0 bridgehead atoms. The standard InChI is InChI=1S/C14H13BrFNOS/c1-17(8-10-2-4-11(16)5-3-10)9-13(18)14-12(15)6-7-19-14/h2-7H,8-9H2,1H3. The summed E-state index contributed by atoms with van der Waals surface area (Å²) in [6.45, 7) is 0.964. The number of likely N-dealkylation sites (N-methyl/N-ethyl adjacent to an activating group) is 1. The summed E-state index contributed by atoms with van der Waals surface area (Å²) in [6.07, 6.45) is 0. The van der Waals surface area contributed by atoms with Crippen LogP contribution in [-0.2, 0) is 6.54 Å². The van der Waals surface area contributed by atoms with E-state index in [-0.39, 0.29) is 11.6 Å². The number of halogens is 2. The van der Waals surface area contributed by atoms with E-state index in [0.29, 0.717) is 13.1 Å². The lowest BCUT2D eigenvalue weighted by Gasteiger charge is -2.15. The summed E-state index contributed by atoms with van der Waals surface area (Å²) in [5.41, 5.74) is 0.988. The van der Waals surface area contributed by atoms with E-state index >= 15 is 0 Å². The van der Waals surface area contributed by atoms with Crippen molar-refractivity contribution in [1.29, 1.82) is 0 Å². The second-order valence-electron chi connectivity index (χ2n) is 4.32. The number of hydrogen-bond donors (Lipinski definition) is 0. The minimum Gasteiger partial charge on any atom is -0.295 e. The number of carbonyl (C=O) groups is 1. The largest absolute Gasteiger partial charge is 0.295 e. The topological polar surface area (TPSA) is 20.3 Å². The monoisotopic (exact) mass is 341 g/mol. The lowest BCUT2D eigenvalue weighted by atomic mass is 10.2. The predicted octanol–water partition coefficient (Wildman–Crippen LogP) is 3.96. The third-order valence-corrected chi connectivity index (χ3v) is 4.53. The van der Waals surface area contributed by atoms with Gasteiger partial charge in [-0.1, -0.05) is 12.1 Å². The molecule has 0 aliphatic carbocycles. The number of nitrogens with zero attached hydrogens (tertiary/aromatic N) is 1. The van der Waals surface area contributed by atoms with Gasteiger partial charge in [-0.3, -0.25) is 9.69 Å². The Bertz CT molecular complexity index is 567. The molecular weight excluding hydrogens is 329 g/mol. The third kappa shape index (κ3) is 3.96. The fourth-order valence-electron chi connectivity index (χ4n) is 1.77. The van der Waals surface area contributed by atoms with Crippen LogP contribution in [0.5, 0.6) is 0 Å². The molecule has 19 heavy (non-hydrogen) atoms. The van der Waals surface area contributed by atoms with E-state index < -0.39 is 0 Å². The molecular formula is C14H13BrFNOS. The van der Waals surface area contributed by atoms with Crippen LogP contribution in [-0.4, -0.2) is 24.3 Å². The molecule has 0 radical (unpaired) electrons. The van der Waals surface area contributed by atoms with E-state index in [9.17, 15) is 9.18 Å². The molecule has 0 atom stereocenters. The Balaban J connectivity index is 1.94. The van der Waals surface area contributed by atoms with Crippen LogP contribution in [0, 0.1) is 5.82 Å². The van der Waals surface area contributed by atoms with Crippen molar-refractivity contribution in [3.8, 4) is 0 Å². The number of thiophene rings is 1. The van der Waals surface area contributed by atoms with Gasteiger partial charge in [0.15, 0.2) is 5.78 Å². The molecule has 0 aliphatic heterocycles. The molecule has 0 spiro atoms. The molecule has 1 aromatic heterocycles. The molecule has 0 saturated carbocycles. The van der Waals surface area contributed by atoms with Crippen molar-refractivity contribution in [1.82, 2.24) is 4.90 Å². The molecule has 100 valence electrons. The number of carbonyl (C=O) groups excluding carboxylic acids is 1. The highest BCUT2D eigenvalue weighted by molar-refractivity contribution is 9.10. The van der Waals surface area contributed by atoms with Crippen molar-refractivity contribution in [2.75, 3.05) is 13.6 Å². The first-order chi connectivity index (χ1) is 9.06. The zero-order valence-electron chi connectivity index (χ0n) is 10.4. The fraction of sp³-hybridized carbons (Fsp3) is 0.214. The Labute approximate surface area is 124 Å². The number of rotatable bonds is 5. The van der Waals surface area contributed by atoms with Crippen LogP contribution in [0.15, 0.2) is 40.2 Å². The average molecular weight is 342 g/mol. The minimum atomic E-state index is -0.245. The summed E-state index contributed by atoms with van der Waals surface area (Å²) in [5.74, 6) is -0.156. The maximum Gasteiger partial charge on any atom is 0.187 e. The summed E-state index contributed by atoms with van der Waals surface area (Å²) in [4.78, 5) is 14.7. The lowest BCUT2D eigenvalue weighted by Crippen LogP contribution is -2.25. The van der Waals surface area contributed by atoms with Gasteiger partial charge in [-0.05, 0) is 52.1 Å². The predicted molar refractivity (Wildman–Crippen MR) is 79.1 cm³/mol. The van der Waals surface area contributed by atoms with Crippen molar-refractivity contribution in [2.45, 2.75) is 6.54 Å². The normalized spacial score (nSPS) is 10.9. The molecule has 0 saturated heterocycles. The van der Waals surface area contributed by atoms with Crippen LogP contribution < -0.4 is 0 Å². The Morgan fingerprint density at radius 2 is 2.00 bits per heavy atom. The number of ketones is 1. The molecule has 2 aromatic rings. The molecule has 0 N–H and O–H groups in total. The highest BCUT2D eigenvalue weighted by atomic mass is 79.9. The lowest BCUT2D eigenvalue weighted by molar-refractivity contribution is 0.0946. The van der Waals surface area contributed by atoms with Gasteiger partial charge < -0.3 is 0 Å². The van der Waals surface area contributed by atoms with Gasteiger partial charge in [0.1, 0.15) is 5.82 Å². The van der Waals surface area contributed by atoms with Gasteiger partial charge in [-0.25, -0.2) is 4.39 Å². The van der Waals surface area contributed by atoms with Crippen molar-refractivity contribution >= 4 is 33.0 Å². The smallest absolute Gasteiger partial charge is 0.187 e. The van der Waals surface area contributed by atoms with E-state index in [4.69, 9.17) is 0 Å². The number of benzene rings is 1. The molecule has 2 nitrogen and oxygen atoms in total. The number of hydrogen-bond acceptors (Lipinski definition) is 3. The average Bonchev–Trinajstić information content (AvgIpc) is 2.78. The second-order valence-corrected chi connectivity index (χ2v) is 6.09. The van der Waals surface area contributed by atoms with Gasteiger partial charge in [-0.15, -0.1) is 11.3 Å². The van der Waals surface area contributed by atoms with E-state index in [1.165, 1.54) is 23.5 Å². The highest BCUT2D eigenvalue weighted by Gasteiger charge is 2.14. The Kier molecular flexibility index (Phi) is 4.85. The van der Waals surface area contributed by atoms with Gasteiger partial charge in [0.05, 0.1) is 11.4 Å². The van der Waals surface area contributed by atoms with Crippen LogP contribution in [0.4, 0.5) is 4.39 Å². The van der Waals surface area contributed by atoms with E-state index in [1.807, 2.05) is 23.4 Å². The summed E-state index contributed by atoms with van der Waals surface area (Å²) < 4.78 is 13.6. The first-order valence-corrected chi connectivity index (χ1v) is 7.42. The van der Waals surface area contributed by atoms with Crippen LogP contribution in [0.3, 0.4) is 0 Å². The summed E-state index contributed by atoms with van der Waals surface area (Å²) >= 11 is 4.80. The van der Waals surface area contributed by atoms with E-state index in [0.717, 1.165) is 14.9 Å². The number of Topliss-reactive ketones (excluding diaryl/α,β-unsaturated/α-hetero) is 1. The molecule has 0 amide bonds. The van der Waals surface area contributed by atoms with Crippen molar-refractivity contribution in [3.05, 3.63) is 56.4 Å². The molecule has 1 aromatic carbocycles. The molecule has 0 unspecified atom stereocenters. The highest BCUT2D eigenvalue weighted by Crippen LogP contribution is 2.23. The van der Waals surface area contributed by atoms with E-state index in [1.54, 1.807) is 12.1 Å². The minimum absolute atomic E-state index is 0.0893. The van der Waals surface area contributed by atoms with Crippen molar-refractivity contribution < 1.29 is 9.18 Å². The van der Waals surface area contributed by atoms with Gasteiger partial charge in [0.2, 0.25) is 0 Å². The van der Waals surface area contributed by atoms with Gasteiger partial charge in [0, 0.05) is 11.0 Å². The maximum atomic E-state index is 12.8. The van der Waals surface area contributed by atoms with Crippen molar-refractivity contribution in [2.24, 2.45) is 0 Å². The molecule has 1 heterocycles. The van der Waals surface area contributed by atoms with Gasteiger partial charge >= 0.3 is 0 Å². The zero-order chi connectivity index (χ0) is 13.8. The van der Waals surface area contributed by atoms with Gasteiger partial charge in [-0.2, -0.15) is 0 Å². The van der Waals surface area contributed by atoms with Crippen LogP contribution >= 0.6 is 27.3 Å². The van der Waals surface area contributed by atoms with Crippen LogP contribution in [0.2, 0.25) is 0 Å². The Morgan fingerprint density at radius 3 is 2.58 bits per heavy atom. The quantitative estimate of drug-likeness (QED) is 0.767. The Hall–Kier alpha value is -1.04. The first-order valence-electron chi connectivity index (χ1n) is 5.75. The molecule has 0 aliphatic rings. The molecule has 5 heteroatoms. The summed E-state index contributed by atoms with van der Waals surface area (Å²) in [5, 5.41) is 1.89. The van der Waals surface area contributed by atoms with Crippen LogP contribution in [0.1, 0.15) is 15.2 Å². The first kappa shape index (κ1) is 14.4. The third-order valence-electron chi connectivity index (χ3n) is 2.65. The molecule has 0 fully saturated rings. The molecule has 2 rings (SSSR count). The second kappa shape index (κ2) is 6.41. The SMILES string of the molecule is CN(CC(=O)c1sccc1Br)Cc1ccc(F)cc1. The van der Waals surface area contributed by atoms with Gasteiger partial charge in [0.25, 0.3) is 0 Å². The zero-order valence-corrected chi connectivity index (χ0v) is 12.8. The van der Waals surface area contributed by atoms with Crippen molar-refractivity contribution in [3.63, 3.8) is 0 Å². The fourth-order valence-corrected chi connectivity index (χ4v) is 3.29. The van der Waals surface area contributed by atoms with Crippen LogP contribution in [0.25, 0.3) is 0 Å². The summed E-state index contributed by atoms with van der Waals surface area (Å²) in [6, 6.07) is 8.20. The Morgan fingerprint density at radius 1 is 1.32 bits per heavy atom.